The van der Waals surface area contributed by atoms with Gasteiger partial charge < -0.3 is 19.9 Å². The van der Waals surface area contributed by atoms with E-state index in [-0.39, 0.29) is 6.61 Å². The van der Waals surface area contributed by atoms with Gasteiger partial charge in [-0.1, -0.05) is 30.3 Å². The van der Waals surface area contributed by atoms with Crippen LogP contribution in [0.4, 0.5) is 4.79 Å². The Kier molecular flexibility index (Phi) is 7.65. The van der Waals surface area contributed by atoms with E-state index in [9.17, 15) is 14.7 Å². The number of hydroxylamine groups is 1. The molecule has 0 radical (unpaired) electrons. The van der Waals surface area contributed by atoms with Crippen molar-refractivity contribution in [1.29, 1.82) is 0 Å². The fraction of sp³-hybridized carbons (Fsp3) is 0.529. The van der Waals surface area contributed by atoms with Crippen molar-refractivity contribution in [3.8, 4) is 0 Å². The highest BCUT2D eigenvalue weighted by Crippen LogP contribution is 2.12. The molecule has 0 aliphatic carbocycles. The van der Waals surface area contributed by atoms with Crippen molar-refractivity contribution in [3.05, 3.63) is 35.9 Å². The Bertz CT molecular complexity index is 545. The first kappa shape index (κ1) is 19.2. The lowest BCUT2D eigenvalue weighted by molar-refractivity contribution is -0.202. The normalized spacial score (nSPS) is 19.5. The van der Waals surface area contributed by atoms with E-state index in [2.05, 4.69) is 10.8 Å². The van der Waals surface area contributed by atoms with Crippen LogP contribution in [0.3, 0.4) is 0 Å². The topological polar surface area (TPSA) is 106 Å². The predicted octanol–water partition coefficient (Wildman–Crippen LogP) is 1.24. The van der Waals surface area contributed by atoms with Gasteiger partial charge in [0.1, 0.15) is 12.6 Å². The molecule has 138 valence electrons. The number of hydrogen-bond acceptors (Lipinski definition) is 6. The van der Waals surface area contributed by atoms with Gasteiger partial charge in [0, 0.05) is 13.0 Å². The van der Waals surface area contributed by atoms with Crippen LogP contribution < -0.4 is 10.8 Å². The molecule has 1 unspecified atom stereocenters. The Morgan fingerprint density at radius 2 is 2.08 bits per heavy atom. The minimum Gasteiger partial charge on any atom is -0.445 e. The number of benzene rings is 1. The number of nitrogens with one attached hydrogen (secondary N) is 2. The summed E-state index contributed by atoms with van der Waals surface area (Å²) in [6, 6.07) is 7.93. The third-order valence-electron chi connectivity index (χ3n) is 3.68. The molecule has 1 aromatic carbocycles. The minimum absolute atomic E-state index is 0.0627. The number of hydrogen-bond donors (Lipinski definition) is 3. The first-order valence-electron chi connectivity index (χ1n) is 8.28. The van der Waals surface area contributed by atoms with Crippen molar-refractivity contribution < 1.29 is 29.0 Å². The third kappa shape index (κ3) is 6.69. The molecule has 2 rings (SSSR count). The molecule has 0 spiro atoms. The zero-order valence-electron chi connectivity index (χ0n) is 14.1. The first-order valence-corrected chi connectivity index (χ1v) is 8.28. The molecule has 3 N–H and O–H groups in total. The van der Waals surface area contributed by atoms with E-state index in [0.29, 0.717) is 13.0 Å². The summed E-state index contributed by atoms with van der Waals surface area (Å²) in [6.45, 7) is 2.02. The summed E-state index contributed by atoms with van der Waals surface area (Å²) in [4.78, 5) is 29.1. The van der Waals surface area contributed by atoms with Crippen LogP contribution in [0.15, 0.2) is 30.3 Å². The van der Waals surface area contributed by atoms with Gasteiger partial charge in [0.2, 0.25) is 0 Å². The van der Waals surface area contributed by atoms with Crippen molar-refractivity contribution in [1.82, 2.24) is 10.8 Å². The maximum atomic E-state index is 12.1. The van der Waals surface area contributed by atoms with Crippen LogP contribution in [0.25, 0.3) is 0 Å². The Morgan fingerprint density at radius 3 is 2.72 bits per heavy atom. The molecule has 1 saturated heterocycles. The van der Waals surface area contributed by atoms with E-state index in [1.165, 1.54) is 6.92 Å². The smallest absolute Gasteiger partial charge is 0.408 e. The SMILES string of the molecule is C[C@@H](O)[C@H](NC(=O)OCc1ccccc1)C(=O)NOC1CCCCO1. The maximum absolute atomic E-state index is 12.1. The molecule has 1 aliphatic rings. The van der Waals surface area contributed by atoms with Crippen molar-refractivity contribution in [2.45, 2.75) is 51.2 Å². The number of amides is 2. The first-order chi connectivity index (χ1) is 12.1. The van der Waals surface area contributed by atoms with E-state index in [0.717, 1.165) is 18.4 Å². The van der Waals surface area contributed by atoms with Crippen molar-refractivity contribution in [3.63, 3.8) is 0 Å². The summed E-state index contributed by atoms with van der Waals surface area (Å²) in [5, 5.41) is 12.1. The monoisotopic (exact) mass is 352 g/mol. The van der Waals surface area contributed by atoms with Crippen molar-refractivity contribution in [2.24, 2.45) is 0 Å². The maximum Gasteiger partial charge on any atom is 0.408 e. The van der Waals surface area contributed by atoms with Gasteiger partial charge in [0.25, 0.3) is 5.91 Å². The summed E-state index contributed by atoms with van der Waals surface area (Å²) in [7, 11) is 0. The molecule has 0 aromatic heterocycles. The lowest BCUT2D eigenvalue weighted by atomic mass is 10.2. The minimum atomic E-state index is -1.20. The average molecular weight is 352 g/mol. The lowest BCUT2D eigenvalue weighted by Crippen LogP contribution is -2.53. The van der Waals surface area contributed by atoms with E-state index >= 15 is 0 Å². The number of rotatable bonds is 7. The summed E-state index contributed by atoms with van der Waals surface area (Å²) in [5.41, 5.74) is 3.03. The second-order valence-electron chi connectivity index (χ2n) is 5.80. The molecule has 2 amide bonds. The second-order valence-corrected chi connectivity index (χ2v) is 5.80. The number of carbonyl (C=O) groups is 2. The molecule has 0 bridgehead atoms. The molecule has 3 atom stereocenters. The fourth-order valence-corrected chi connectivity index (χ4v) is 2.29. The van der Waals surface area contributed by atoms with Gasteiger partial charge >= 0.3 is 6.09 Å². The largest absolute Gasteiger partial charge is 0.445 e. The van der Waals surface area contributed by atoms with Gasteiger partial charge in [-0.05, 0) is 25.3 Å². The van der Waals surface area contributed by atoms with Crippen LogP contribution in [0, 0.1) is 0 Å². The van der Waals surface area contributed by atoms with Crippen LogP contribution in [0.1, 0.15) is 31.7 Å². The van der Waals surface area contributed by atoms with Gasteiger partial charge in [-0.2, -0.15) is 0 Å². The Balaban J connectivity index is 1.78. The van der Waals surface area contributed by atoms with Crippen LogP contribution >= 0.6 is 0 Å². The average Bonchev–Trinajstić information content (AvgIpc) is 2.64. The Labute approximate surface area is 146 Å². The molecule has 25 heavy (non-hydrogen) atoms. The number of carbonyl (C=O) groups excluding carboxylic acids is 2. The third-order valence-corrected chi connectivity index (χ3v) is 3.68. The summed E-state index contributed by atoms with van der Waals surface area (Å²) in [6.07, 6.45) is 0.131. The Morgan fingerprint density at radius 1 is 1.32 bits per heavy atom. The van der Waals surface area contributed by atoms with Gasteiger partial charge in [-0.25, -0.2) is 15.1 Å². The number of aliphatic hydroxyl groups excluding tert-OH is 1. The number of alkyl carbamates (subject to hydrolysis) is 1. The number of ether oxygens (including phenoxy) is 2. The zero-order valence-corrected chi connectivity index (χ0v) is 14.1. The van der Waals surface area contributed by atoms with Crippen LogP contribution in [-0.2, 0) is 25.7 Å². The molecule has 8 nitrogen and oxygen atoms in total. The van der Waals surface area contributed by atoms with E-state index in [1.54, 1.807) is 0 Å². The van der Waals surface area contributed by atoms with E-state index < -0.39 is 30.4 Å². The van der Waals surface area contributed by atoms with Crippen LogP contribution in [-0.4, -0.2) is 42.1 Å². The van der Waals surface area contributed by atoms with Gasteiger partial charge in [0.05, 0.1) is 6.10 Å². The summed E-state index contributed by atoms with van der Waals surface area (Å²) >= 11 is 0. The standard InChI is InChI=1S/C17H24N2O6/c1-12(20)15(16(21)19-25-14-9-5-6-10-23-14)18-17(22)24-11-13-7-3-2-4-8-13/h2-4,7-8,12,14-15,20H,5-6,9-11H2,1H3,(H,18,22)(H,19,21)/t12-,14?,15+/m1/s1. The molecule has 1 aromatic rings. The van der Waals surface area contributed by atoms with Gasteiger partial charge in [0.15, 0.2) is 6.29 Å². The molecule has 1 heterocycles. The highest BCUT2D eigenvalue weighted by Gasteiger charge is 2.27. The molecule has 0 saturated carbocycles. The second kappa shape index (κ2) is 9.97. The van der Waals surface area contributed by atoms with Gasteiger partial charge in [-0.15, -0.1) is 0 Å². The van der Waals surface area contributed by atoms with E-state index in [1.807, 2.05) is 30.3 Å². The predicted molar refractivity (Wildman–Crippen MR) is 88.1 cm³/mol. The zero-order chi connectivity index (χ0) is 18.1. The summed E-state index contributed by atoms with van der Waals surface area (Å²) < 4.78 is 10.4. The molecular formula is C17H24N2O6. The van der Waals surface area contributed by atoms with E-state index in [4.69, 9.17) is 14.3 Å². The molecule has 1 aliphatic heterocycles. The quantitative estimate of drug-likeness (QED) is 0.638. The summed E-state index contributed by atoms with van der Waals surface area (Å²) in [5.74, 6) is -0.680. The van der Waals surface area contributed by atoms with Gasteiger partial charge in [-0.3, -0.25) is 4.79 Å². The lowest BCUT2D eigenvalue weighted by Gasteiger charge is -2.24. The number of aliphatic hydroxyl groups is 1. The molecule has 8 heteroatoms. The van der Waals surface area contributed by atoms with Crippen molar-refractivity contribution in [2.75, 3.05) is 6.61 Å². The fourth-order valence-electron chi connectivity index (χ4n) is 2.29. The van der Waals surface area contributed by atoms with Crippen LogP contribution in [0.2, 0.25) is 0 Å². The molecule has 1 fully saturated rings. The molecular weight excluding hydrogens is 328 g/mol. The van der Waals surface area contributed by atoms with Crippen LogP contribution in [0.5, 0.6) is 0 Å². The Hall–Kier alpha value is -2.16. The highest BCUT2D eigenvalue weighted by molar-refractivity contribution is 5.85. The van der Waals surface area contributed by atoms with Crippen molar-refractivity contribution >= 4 is 12.0 Å². The highest BCUT2D eigenvalue weighted by atomic mass is 16.8.